The minimum atomic E-state index is -0.0443. The van der Waals surface area contributed by atoms with Gasteiger partial charge in [0.15, 0.2) is 0 Å². The van der Waals surface area contributed by atoms with Gasteiger partial charge in [0.05, 0.1) is 6.42 Å². The molecule has 5 heteroatoms. The van der Waals surface area contributed by atoms with E-state index >= 15 is 0 Å². The van der Waals surface area contributed by atoms with Gasteiger partial charge in [0, 0.05) is 31.8 Å². The molecule has 5 nitrogen and oxygen atoms in total. The van der Waals surface area contributed by atoms with Crippen LogP contribution in [0, 0.1) is 11.3 Å². The Kier molecular flexibility index (Phi) is 6.59. The number of carbonyl (C=O) groups is 2. The van der Waals surface area contributed by atoms with Crippen LogP contribution in [0.25, 0.3) is 0 Å². The molecule has 0 aromatic heterocycles. The summed E-state index contributed by atoms with van der Waals surface area (Å²) in [5.74, 6) is 0.306. The molecule has 1 unspecified atom stereocenters. The molecule has 0 saturated carbocycles. The van der Waals surface area contributed by atoms with Gasteiger partial charge in [-0.3, -0.25) is 9.59 Å². The molecule has 1 heterocycles. The normalized spacial score (nSPS) is 18.1. The average molecular weight is 346 g/mol. The third-order valence-corrected chi connectivity index (χ3v) is 4.41. The molecule has 138 valence electrons. The van der Waals surface area contributed by atoms with Gasteiger partial charge in [0.2, 0.25) is 11.8 Å². The van der Waals surface area contributed by atoms with Crippen LogP contribution in [-0.4, -0.2) is 41.5 Å². The summed E-state index contributed by atoms with van der Waals surface area (Å²) in [6, 6.07) is 7.46. The number of aliphatic hydroxyl groups excluding tert-OH is 1. The molecule has 2 N–H and O–H groups in total. The van der Waals surface area contributed by atoms with E-state index in [0.717, 1.165) is 30.6 Å². The van der Waals surface area contributed by atoms with E-state index in [9.17, 15) is 14.7 Å². The first kappa shape index (κ1) is 19.4. The van der Waals surface area contributed by atoms with Crippen molar-refractivity contribution in [2.75, 3.05) is 25.0 Å². The highest BCUT2D eigenvalue weighted by Crippen LogP contribution is 2.20. The van der Waals surface area contributed by atoms with Crippen molar-refractivity contribution in [2.24, 2.45) is 11.3 Å². The Bertz CT molecular complexity index is 590. The van der Waals surface area contributed by atoms with Gasteiger partial charge in [0.25, 0.3) is 0 Å². The Hall–Kier alpha value is -1.88. The zero-order valence-corrected chi connectivity index (χ0v) is 15.5. The molecule has 1 aromatic carbocycles. The van der Waals surface area contributed by atoms with Crippen LogP contribution in [0.5, 0.6) is 0 Å². The minimum absolute atomic E-state index is 0.000289. The second-order valence-corrected chi connectivity index (χ2v) is 8.19. The lowest BCUT2D eigenvalue weighted by Gasteiger charge is -2.32. The lowest BCUT2D eigenvalue weighted by molar-refractivity contribution is -0.132. The van der Waals surface area contributed by atoms with E-state index in [0.29, 0.717) is 19.4 Å². The Balaban J connectivity index is 1.87. The molecule has 0 bridgehead atoms. The number of nitrogens with one attached hydrogen (secondary N) is 1. The molecule has 2 amide bonds. The molecule has 0 spiro atoms. The van der Waals surface area contributed by atoms with E-state index in [2.05, 4.69) is 5.32 Å². The topological polar surface area (TPSA) is 69.6 Å². The van der Waals surface area contributed by atoms with Gasteiger partial charge in [-0.15, -0.1) is 0 Å². The maximum atomic E-state index is 12.4. The zero-order chi connectivity index (χ0) is 18.4. The SMILES string of the molecule is CC(C)(C)CC(=O)Nc1ccc(CC(=O)N2CCCC(CO)C2)cc1. The van der Waals surface area contributed by atoms with Gasteiger partial charge in [0.1, 0.15) is 0 Å². The molecular weight excluding hydrogens is 316 g/mol. The number of amides is 2. The van der Waals surface area contributed by atoms with Crippen LogP contribution in [0.15, 0.2) is 24.3 Å². The fraction of sp³-hybridized carbons (Fsp3) is 0.600. The molecule has 1 saturated heterocycles. The monoisotopic (exact) mass is 346 g/mol. The van der Waals surface area contributed by atoms with Crippen LogP contribution >= 0.6 is 0 Å². The Morgan fingerprint density at radius 3 is 2.52 bits per heavy atom. The van der Waals surface area contributed by atoms with Gasteiger partial charge in [-0.2, -0.15) is 0 Å². The Morgan fingerprint density at radius 1 is 1.24 bits per heavy atom. The van der Waals surface area contributed by atoms with Gasteiger partial charge < -0.3 is 15.3 Å². The quantitative estimate of drug-likeness (QED) is 0.861. The predicted molar refractivity (Wildman–Crippen MR) is 99.2 cm³/mol. The number of likely N-dealkylation sites (tertiary alicyclic amines) is 1. The summed E-state index contributed by atoms with van der Waals surface area (Å²) in [6.07, 6.45) is 2.77. The van der Waals surface area contributed by atoms with Crippen LogP contribution in [0.1, 0.15) is 45.6 Å². The van der Waals surface area contributed by atoms with Crippen molar-refractivity contribution in [2.45, 2.75) is 46.5 Å². The van der Waals surface area contributed by atoms with Crippen molar-refractivity contribution >= 4 is 17.5 Å². The first-order valence-corrected chi connectivity index (χ1v) is 9.04. The van der Waals surface area contributed by atoms with E-state index in [1.807, 2.05) is 49.9 Å². The van der Waals surface area contributed by atoms with Crippen molar-refractivity contribution in [3.63, 3.8) is 0 Å². The molecule has 1 aromatic rings. The lowest BCUT2D eigenvalue weighted by atomic mass is 9.92. The molecule has 1 atom stereocenters. The highest BCUT2D eigenvalue weighted by Gasteiger charge is 2.23. The number of piperidine rings is 1. The maximum absolute atomic E-state index is 12.4. The third kappa shape index (κ3) is 6.50. The van der Waals surface area contributed by atoms with Crippen molar-refractivity contribution in [1.29, 1.82) is 0 Å². The number of anilines is 1. The highest BCUT2D eigenvalue weighted by molar-refractivity contribution is 5.91. The van der Waals surface area contributed by atoms with Gasteiger partial charge in [-0.25, -0.2) is 0 Å². The van der Waals surface area contributed by atoms with Crippen molar-refractivity contribution in [3.05, 3.63) is 29.8 Å². The average Bonchev–Trinajstić information content (AvgIpc) is 2.55. The number of carbonyl (C=O) groups excluding carboxylic acids is 2. The zero-order valence-electron chi connectivity index (χ0n) is 15.5. The molecule has 1 aliphatic heterocycles. The smallest absolute Gasteiger partial charge is 0.226 e. The highest BCUT2D eigenvalue weighted by atomic mass is 16.3. The largest absolute Gasteiger partial charge is 0.396 e. The van der Waals surface area contributed by atoms with Gasteiger partial charge in [-0.1, -0.05) is 32.9 Å². The summed E-state index contributed by atoms with van der Waals surface area (Å²) in [4.78, 5) is 26.2. The molecule has 0 radical (unpaired) electrons. The van der Waals surface area contributed by atoms with E-state index < -0.39 is 0 Å². The number of hydrogen-bond acceptors (Lipinski definition) is 3. The summed E-state index contributed by atoms with van der Waals surface area (Å²) < 4.78 is 0. The molecule has 1 aliphatic rings. The third-order valence-electron chi connectivity index (χ3n) is 4.41. The van der Waals surface area contributed by atoms with E-state index in [1.54, 1.807) is 0 Å². The molecular formula is C20H30N2O3. The minimum Gasteiger partial charge on any atom is -0.396 e. The standard InChI is InChI=1S/C20H30N2O3/c1-20(2,3)12-18(24)21-17-8-6-15(7-9-17)11-19(25)22-10-4-5-16(13-22)14-23/h6-9,16,23H,4-5,10-14H2,1-3H3,(H,21,24). The summed E-state index contributed by atoms with van der Waals surface area (Å²) in [5, 5.41) is 12.2. The lowest BCUT2D eigenvalue weighted by Crippen LogP contribution is -2.41. The maximum Gasteiger partial charge on any atom is 0.226 e. The van der Waals surface area contributed by atoms with Crippen molar-refractivity contribution in [1.82, 2.24) is 4.90 Å². The first-order valence-electron chi connectivity index (χ1n) is 9.04. The van der Waals surface area contributed by atoms with E-state index in [1.165, 1.54) is 0 Å². The Labute approximate surface area is 150 Å². The molecule has 2 rings (SSSR count). The van der Waals surface area contributed by atoms with Crippen LogP contribution in [0.3, 0.4) is 0 Å². The predicted octanol–water partition coefficient (Wildman–Crippen LogP) is 2.83. The second-order valence-electron chi connectivity index (χ2n) is 8.19. The number of rotatable bonds is 5. The van der Waals surface area contributed by atoms with E-state index in [-0.39, 0.29) is 29.8 Å². The second kappa shape index (κ2) is 8.48. The van der Waals surface area contributed by atoms with Crippen LogP contribution in [0.4, 0.5) is 5.69 Å². The van der Waals surface area contributed by atoms with Crippen LogP contribution < -0.4 is 5.32 Å². The fourth-order valence-corrected chi connectivity index (χ4v) is 3.12. The summed E-state index contributed by atoms with van der Waals surface area (Å²) >= 11 is 0. The molecule has 0 aliphatic carbocycles. The molecule has 1 fully saturated rings. The van der Waals surface area contributed by atoms with Crippen LogP contribution in [-0.2, 0) is 16.0 Å². The van der Waals surface area contributed by atoms with Gasteiger partial charge >= 0.3 is 0 Å². The number of hydrogen-bond donors (Lipinski definition) is 2. The number of aliphatic hydroxyl groups is 1. The first-order chi connectivity index (χ1) is 11.8. The van der Waals surface area contributed by atoms with Crippen molar-refractivity contribution < 1.29 is 14.7 Å². The van der Waals surface area contributed by atoms with Crippen molar-refractivity contribution in [3.8, 4) is 0 Å². The summed E-state index contributed by atoms with van der Waals surface area (Å²) in [7, 11) is 0. The number of nitrogens with zero attached hydrogens (tertiary/aromatic N) is 1. The summed E-state index contributed by atoms with van der Waals surface area (Å²) in [5.41, 5.74) is 1.64. The fourth-order valence-electron chi connectivity index (χ4n) is 3.12. The van der Waals surface area contributed by atoms with Gasteiger partial charge in [-0.05, 0) is 41.9 Å². The Morgan fingerprint density at radius 2 is 1.92 bits per heavy atom. The van der Waals surface area contributed by atoms with Crippen LogP contribution in [0.2, 0.25) is 0 Å². The molecule has 25 heavy (non-hydrogen) atoms. The number of benzene rings is 1. The summed E-state index contributed by atoms with van der Waals surface area (Å²) in [6.45, 7) is 7.66. The van der Waals surface area contributed by atoms with E-state index in [4.69, 9.17) is 0 Å².